The van der Waals surface area contributed by atoms with Gasteiger partial charge in [0.05, 0.1) is 15.8 Å². The van der Waals surface area contributed by atoms with E-state index in [-0.39, 0.29) is 11.5 Å². The van der Waals surface area contributed by atoms with E-state index in [1.54, 1.807) is 54.1 Å². The number of carbonyl (C=O) groups excluding carboxylic acids is 1. The number of halogens is 2. The third-order valence-corrected chi connectivity index (χ3v) is 5.78. The smallest absolute Gasteiger partial charge is 0.265 e. The zero-order valence-corrected chi connectivity index (χ0v) is 15.9. The summed E-state index contributed by atoms with van der Waals surface area (Å²) in [6.45, 7) is 0. The van der Waals surface area contributed by atoms with Crippen molar-refractivity contribution >= 4 is 67.1 Å². The Morgan fingerprint density at radius 1 is 1.04 bits per heavy atom. The first kappa shape index (κ1) is 17.1. The van der Waals surface area contributed by atoms with Gasteiger partial charge in [0.2, 0.25) is 0 Å². The molecule has 0 saturated heterocycles. The Balaban J connectivity index is 1.85. The van der Waals surface area contributed by atoms with Gasteiger partial charge in [-0.15, -0.1) is 11.3 Å². The summed E-state index contributed by atoms with van der Waals surface area (Å²) in [4.78, 5) is 25.7. The summed E-state index contributed by atoms with van der Waals surface area (Å²) in [5, 5.41) is 5.31. The van der Waals surface area contributed by atoms with E-state index in [2.05, 4.69) is 5.32 Å². The number of benzene rings is 2. The van der Waals surface area contributed by atoms with E-state index < -0.39 is 0 Å². The molecular formula is C19H12Cl2N2O2S. The van der Waals surface area contributed by atoms with Crippen molar-refractivity contribution in [2.75, 3.05) is 5.32 Å². The first-order valence-corrected chi connectivity index (χ1v) is 9.30. The predicted octanol–water partition coefficient (Wildman–Crippen LogP) is 5.31. The molecule has 2 aromatic carbocycles. The molecule has 4 nitrogen and oxygen atoms in total. The molecule has 0 spiro atoms. The van der Waals surface area contributed by atoms with Crippen LogP contribution in [0.1, 0.15) is 9.67 Å². The average Bonchev–Trinajstić information content (AvgIpc) is 3.05. The molecule has 0 atom stereocenters. The molecule has 2 aromatic heterocycles. The summed E-state index contributed by atoms with van der Waals surface area (Å²) < 4.78 is 2.32. The molecule has 1 amide bonds. The Bertz CT molecular complexity index is 1240. The van der Waals surface area contributed by atoms with Gasteiger partial charge in [-0.05, 0) is 42.5 Å². The first-order chi connectivity index (χ1) is 12.4. The van der Waals surface area contributed by atoms with Gasteiger partial charge in [0.25, 0.3) is 11.5 Å². The molecule has 4 rings (SSSR count). The van der Waals surface area contributed by atoms with Crippen molar-refractivity contribution in [3.05, 3.63) is 73.8 Å². The number of amides is 1. The van der Waals surface area contributed by atoms with E-state index in [1.165, 1.54) is 11.3 Å². The van der Waals surface area contributed by atoms with Crippen LogP contribution < -0.4 is 10.9 Å². The van der Waals surface area contributed by atoms with E-state index in [0.29, 0.717) is 26.0 Å². The lowest BCUT2D eigenvalue weighted by atomic mass is 10.1. The van der Waals surface area contributed by atoms with Gasteiger partial charge in [-0.1, -0.05) is 29.3 Å². The molecule has 2 heterocycles. The zero-order valence-electron chi connectivity index (χ0n) is 13.5. The second-order valence-corrected chi connectivity index (χ2v) is 7.77. The highest BCUT2D eigenvalue weighted by molar-refractivity contribution is 7.21. The standard InChI is InChI=1S/C19H12Cl2N2O2S/c1-23-15-8-11(21)5-6-13(15)17-14(19(23)25)9-16(26-17)18(24)22-12-4-2-3-10(20)7-12/h2-9H,1H3,(H,22,24). The number of thiophene rings is 1. The molecule has 26 heavy (non-hydrogen) atoms. The van der Waals surface area contributed by atoms with E-state index in [0.717, 1.165) is 15.6 Å². The van der Waals surface area contributed by atoms with Crippen LogP contribution >= 0.6 is 34.5 Å². The average molecular weight is 403 g/mol. The second-order valence-electron chi connectivity index (χ2n) is 5.84. The molecular weight excluding hydrogens is 391 g/mol. The van der Waals surface area contributed by atoms with Gasteiger partial charge < -0.3 is 9.88 Å². The highest BCUT2D eigenvalue weighted by Gasteiger charge is 2.16. The zero-order chi connectivity index (χ0) is 18.4. The Hall–Kier alpha value is -2.34. The van der Waals surface area contributed by atoms with E-state index in [1.807, 2.05) is 6.07 Å². The summed E-state index contributed by atoms with van der Waals surface area (Å²) in [7, 11) is 1.70. The van der Waals surface area contributed by atoms with Crippen LogP contribution in [0.2, 0.25) is 10.0 Å². The lowest BCUT2D eigenvalue weighted by Gasteiger charge is -2.06. The van der Waals surface area contributed by atoms with E-state index in [4.69, 9.17) is 23.2 Å². The number of aromatic nitrogens is 1. The number of nitrogens with one attached hydrogen (secondary N) is 1. The molecule has 0 aliphatic rings. The van der Waals surface area contributed by atoms with Crippen molar-refractivity contribution in [3.63, 3.8) is 0 Å². The summed E-state index contributed by atoms with van der Waals surface area (Å²) in [5.74, 6) is -0.280. The maximum absolute atomic E-state index is 12.7. The van der Waals surface area contributed by atoms with Crippen LogP contribution in [0, 0.1) is 0 Å². The Labute approximate surface area is 162 Å². The summed E-state index contributed by atoms with van der Waals surface area (Å²) in [6.07, 6.45) is 0. The number of hydrogen-bond acceptors (Lipinski definition) is 3. The summed E-state index contributed by atoms with van der Waals surface area (Å²) in [5.41, 5.74) is 1.18. The minimum absolute atomic E-state index is 0.159. The number of nitrogens with zero attached hydrogens (tertiary/aromatic N) is 1. The maximum atomic E-state index is 12.7. The maximum Gasteiger partial charge on any atom is 0.265 e. The minimum Gasteiger partial charge on any atom is -0.321 e. The van der Waals surface area contributed by atoms with Crippen LogP contribution in [0.4, 0.5) is 5.69 Å². The van der Waals surface area contributed by atoms with Crippen LogP contribution in [0.25, 0.3) is 21.0 Å². The van der Waals surface area contributed by atoms with Crippen LogP contribution in [-0.4, -0.2) is 10.5 Å². The van der Waals surface area contributed by atoms with Gasteiger partial charge in [0.1, 0.15) is 0 Å². The minimum atomic E-state index is -0.280. The van der Waals surface area contributed by atoms with Crippen molar-refractivity contribution in [2.24, 2.45) is 7.05 Å². The monoisotopic (exact) mass is 402 g/mol. The van der Waals surface area contributed by atoms with Crippen LogP contribution in [0.3, 0.4) is 0 Å². The summed E-state index contributed by atoms with van der Waals surface area (Å²) >= 11 is 13.3. The van der Waals surface area contributed by atoms with Crippen molar-refractivity contribution in [1.82, 2.24) is 4.57 Å². The topological polar surface area (TPSA) is 51.1 Å². The molecule has 0 fully saturated rings. The van der Waals surface area contributed by atoms with E-state index in [9.17, 15) is 9.59 Å². The van der Waals surface area contributed by atoms with Gasteiger partial charge in [-0.25, -0.2) is 0 Å². The molecule has 1 N–H and O–H groups in total. The number of fused-ring (bicyclic) bond motifs is 3. The highest BCUT2D eigenvalue weighted by atomic mass is 35.5. The highest BCUT2D eigenvalue weighted by Crippen LogP contribution is 2.32. The lowest BCUT2D eigenvalue weighted by molar-refractivity contribution is 0.103. The molecule has 130 valence electrons. The Kier molecular flexibility index (Phi) is 4.23. The van der Waals surface area contributed by atoms with Gasteiger partial charge in [-0.3, -0.25) is 9.59 Å². The quantitative estimate of drug-likeness (QED) is 0.493. The molecule has 0 saturated carbocycles. The fourth-order valence-corrected chi connectivity index (χ4v) is 4.32. The molecule has 0 aliphatic heterocycles. The van der Waals surface area contributed by atoms with Crippen LogP contribution in [0.5, 0.6) is 0 Å². The second kappa shape index (κ2) is 6.43. The van der Waals surface area contributed by atoms with Gasteiger partial charge in [0, 0.05) is 32.9 Å². The Morgan fingerprint density at radius 2 is 1.81 bits per heavy atom. The number of aryl methyl sites for hydroxylation is 1. The number of hydrogen-bond donors (Lipinski definition) is 1. The van der Waals surface area contributed by atoms with E-state index >= 15 is 0 Å². The van der Waals surface area contributed by atoms with Crippen molar-refractivity contribution < 1.29 is 4.79 Å². The lowest BCUT2D eigenvalue weighted by Crippen LogP contribution is -2.16. The summed E-state index contributed by atoms with van der Waals surface area (Å²) in [6, 6.07) is 14.0. The van der Waals surface area contributed by atoms with Crippen LogP contribution in [0.15, 0.2) is 53.3 Å². The number of anilines is 1. The van der Waals surface area contributed by atoms with Crippen molar-refractivity contribution in [2.45, 2.75) is 0 Å². The fraction of sp³-hybridized carbons (Fsp3) is 0.0526. The molecule has 4 aromatic rings. The molecule has 7 heteroatoms. The van der Waals surface area contributed by atoms with Gasteiger partial charge in [-0.2, -0.15) is 0 Å². The molecule has 0 radical (unpaired) electrons. The number of carbonyl (C=O) groups is 1. The van der Waals surface area contributed by atoms with Crippen LogP contribution in [-0.2, 0) is 7.05 Å². The third kappa shape index (κ3) is 2.88. The molecule has 0 unspecified atom stereocenters. The van der Waals surface area contributed by atoms with Gasteiger partial charge in [0.15, 0.2) is 0 Å². The predicted molar refractivity (Wildman–Crippen MR) is 109 cm³/mol. The van der Waals surface area contributed by atoms with Gasteiger partial charge >= 0.3 is 0 Å². The first-order valence-electron chi connectivity index (χ1n) is 7.73. The van der Waals surface area contributed by atoms with Crippen molar-refractivity contribution in [1.29, 1.82) is 0 Å². The normalized spacial score (nSPS) is 11.2. The fourth-order valence-electron chi connectivity index (χ4n) is 2.89. The largest absolute Gasteiger partial charge is 0.321 e. The number of pyridine rings is 1. The third-order valence-electron chi connectivity index (χ3n) is 4.14. The SMILES string of the molecule is Cn1c(=O)c2cc(C(=O)Nc3cccc(Cl)c3)sc2c2ccc(Cl)cc21. The van der Waals surface area contributed by atoms with Crippen molar-refractivity contribution in [3.8, 4) is 0 Å². The molecule has 0 aliphatic carbocycles. The Morgan fingerprint density at radius 3 is 2.58 bits per heavy atom. The number of rotatable bonds is 2. The molecule has 0 bridgehead atoms.